The van der Waals surface area contributed by atoms with Gasteiger partial charge in [-0.3, -0.25) is 14.9 Å². The van der Waals surface area contributed by atoms with Crippen molar-refractivity contribution in [2.24, 2.45) is 5.92 Å². The molecule has 0 aromatic heterocycles. The number of carbonyl (C=O) groups is 1. The van der Waals surface area contributed by atoms with Gasteiger partial charge in [-0.05, 0) is 25.8 Å². The Balaban J connectivity index is 1.80. The van der Waals surface area contributed by atoms with Gasteiger partial charge in [0.15, 0.2) is 6.29 Å². The number of carbonyl (C=O) groups excluding carboxylic acids is 1. The summed E-state index contributed by atoms with van der Waals surface area (Å²) in [7, 11) is 0. The number of hydrogen-bond acceptors (Lipinski definition) is 5. The van der Waals surface area contributed by atoms with Gasteiger partial charge in [0.05, 0.1) is 18.1 Å². The molecular formula is C16H20N2O5. The van der Waals surface area contributed by atoms with Gasteiger partial charge >= 0.3 is 0 Å². The molecule has 2 aliphatic heterocycles. The van der Waals surface area contributed by atoms with E-state index in [1.54, 1.807) is 24.0 Å². The van der Waals surface area contributed by atoms with Crippen LogP contribution in [0.5, 0.6) is 0 Å². The van der Waals surface area contributed by atoms with Gasteiger partial charge < -0.3 is 14.4 Å². The van der Waals surface area contributed by atoms with Crippen LogP contribution in [0.3, 0.4) is 0 Å². The second-order valence-electron chi connectivity index (χ2n) is 5.99. The minimum atomic E-state index is -0.479. The SMILES string of the molecule is Cc1cccc(C(=O)N2CCC[C@@H](C3OCCO3)C2)c1[N+](=O)[O-]. The summed E-state index contributed by atoms with van der Waals surface area (Å²) in [6, 6.07) is 4.86. The molecule has 7 heteroatoms. The molecule has 2 saturated heterocycles. The second kappa shape index (κ2) is 6.64. The van der Waals surface area contributed by atoms with Crippen molar-refractivity contribution >= 4 is 11.6 Å². The monoisotopic (exact) mass is 320 g/mol. The third kappa shape index (κ3) is 3.20. The van der Waals surface area contributed by atoms with Gasteiger partial charge in [0, 0.05) is 24.6 Å². The van der Waals surface area contributed by atoms with E-state index >= 15 is 0 Å². The Morgan fingerprint density at radius 2 is 2.09 bits per heavy atom. The number of likely N-dealkylation sites (tertiary alicyclic amines) is 1. The van der Waals surface area contributed by atoms with Crippen LogP contribution in [0.1, 0.15) is 28.8 Å². The molecule has 2 aliphatic rings. The third-order valence-electron chi connectivity index (χ3n) is 4.43. The lowest BCUT2D eigenvalue weighted by molar-refractivity contribution is -0.385. The minimum absolute atomic E-state index is 0.104. The van der Waals surface area contributed by atoms with Crippen LogP contribution in [-0.4, -0.2) is 48.3 Å². The predicted molar refractivity (Wildman–Crippen MR) is 82.2 cm³/mol. The smallest absolute Gasteiger partial charge is 0.285 e. The molecule has 7 nitrogen and oxygen atoms in total. The molecule has 124 valence electrons. The Morgan fingerprint density at radius 1 is 1.35 bits per heavy atom. The van der Waals surface area contributed by atoms with Crippen molar-refractivity contribution in [3.05, 3.63) is 39.4 Å². The van der Waals surface area contributed by atoms with Gasteiger partial charge in [-0.15, -0.1) is 0 Å². The quantitative estimate of drug-likeness (QED) is 0.629. The Morgan fingerprint density at radius 3 is 2.78 bits per heavy atom. The average molecular weight is 320 g/mol. The first-order valence-corrected chi connectivity index (χ1v) is 7.84. The molecule has 0 aliphatic carbocycles. The van der Waals surface area contributed by atoms with Crippen molar-refractivity contribution in [1.29, 1.82) is 0 Å². The molecule has 0 saturated carbocycles. The van der Waals surface area contributed by atoms with E-state index in [1.807, 2.05) is 0 Å². The summed E-state index contributed by atoms with van der Waals surface area (Å²) >= 11 is 0. The number of amides is 1. The summed E-state index contributed by atoms with van der Waals surface area (Å²) in [6.07, 6.45) is 1.52. The van der Waals surface area contributed by atoms with Crippen LogP contribution in [0.25, 0.3) is 0 Å². The number of piperidine rings is 1. The van der Waals surface area contributed by atoms with E-state index in [0.717, 1.165) is 12.8 Å². The van der Waals surface area contributed by atoms with E-state index < -0.39 is 4.92 Å². The summed E-state index contributed by atoms with van der Waals surface area (Å²) in [5.41, 5.74) is 0.550. The van der Waals surface area contributed by atoms with E-state index in [9.17, 15) is 14.9 Å². The first kappa shape index (κ1) is 15.9. The van der Waals surface area contributed by atoms with E-state index in [2.05, 4.69) is 0 Å². The van der Waals surface area contributed by atoms with E-state index in [-0.39, 0.29) is 29.4 Å². The minimum Gasteiger partial charge on any atom is -0.350 e. The van der Waals surface area contributed by atoms with Crippen molar-refractivity contribution < 1.29 is 19.2 Å². The van der Waals surface area contributed by atoms with Crippen LogP contribution < -0.4 is 0 Å². The Hall–Kier alpha value is -1.99. The molecule has 1 amide bonds. The highest BCUT2D eigenvalue weighted by Gasteiger charge is 2.34. The van der Waals surface area contributed by atoms with Gasteiger partial charge in [0.1, 0.15) is 5.56 Å². The first-order valence-electron chi connectivity index (χ1n) is 7.84. The number of nitrogens with zero attached hydrogens (tertiary/aromatic N) is 2. The lowest BCUT2D eigenvalue weighted by Gasteiger charge is -2.34. The van der Waals surface area contributed by atoms with Gasteiger partial charge in [0.25, 0.3) is 11.6 Å². The molecule has 0 radical (unpaired) electrons. The summed E-state index contributed by atoms with van der Waals surface area (Å²) < 4.78 is 11.1. The first-order chi connectivity index (χ1) is 11.1. The number of aryl methyl sites for hydroxylation is 1. The highest BCUT2D eigenvalue weighted by Crippen LogP contribution is 2.29. The highest BCUT2D eigenvalue weighted by atomic mass is 16.7. The predicted octanol–water partition coefficient (Wildman–Crippen LogP) is 2.13. The molecule has 0 unspecified atom stereocenters. The van der Waals surface area contributed by atoms with Crippen LogP contribution in [-0.2, 0) is 9.47 Å². The molecular weight excluding hydrogens is 300 g/mol. The number of hydrogen-bond donors (Lipinski definition) is 0. The van der Waals surface area contributed by atoms with Crippen molar-refractivity contribution in [1.82, 2.24) is 4.90 Å². The topological polar surface area (TPSA) is 81.9 Å². The number of rotatable bonds is 3. The van der Waals surface area contributed by atoms with Gasteiger partial charge in [-0.2, -0.15) is 0 Å². The molecule has 1 aromatic carbocycles. The molecule has 1 aromatic rings. The Bertz CT molecular complexity index is 612. The molecule has 3 rings (SSSR count). The number of ether oxygens (including phenoxy) is 2. The fraction of sp³-hybridized carbons (Fsp3) is 0.562. The molecule has 1 atom stereocenters. The van der Waals surface area contributed by atoms with Crippen LogP contribution in [0.4, 0.5) is 5.69 Å². The van der Waals surface area contributed by atoms with Crippen LogP contribution in [0.15, 0.2) is 18.2 Å². The third-order valence-corrected chi connectivity index (χ3v) is 4.43. The summed E-state index contributed by atoms with van der Waals surface area (Å²) in [5, 5.41) is 11.3. The van der Waals surface area contributed by atoms with Gasteiger partial charge in [-0.25, -0.2) is 0 Å². The standard InChI is InChI=1S/C16H20N2O5/c1-11-4-2-6-13(14(11)18(20)21)15(19)17-7-3-5-12(10-17)16-22-8-9-23-16/h2,4,6,12,16H,3,5,7-10H2,1H3/t12-/m1/s1. The van der Waals surface area contributed by atoms with Crippen LogP contribution in [0.2, 0.25) is 0 Å². The largest absolute Gasteiger partial charge is 0.350 e. The zero-order valence-corrected chi connectivity index (χ0v) is 13.1. The summed E-state index contributed by atoms with van der Waals surface area (Å²) in [5.74, 6) is -0.165. The van der Waals surface area contributed by atoms with Gasteiger partial charge in [0.2, 0.25) is 0 Å². The fourth-order valence-electron chi connectivity index (χ4n) is 3.31. The molecule has 23 heavy (non-hydrogen) atoms. The van der Waals surface area contributed by atoms with E-state index in [0.29, 0.717) is 31.9 Å². The van der Waals surface area contributed by atoms with Crippen molar-refractivity contribution in [2.75, 3.05) is 26.3 Å². The maximum Gasteiger partial charge on any atom is 0.285 e. The Labute approximate surface area is 134 Å². The molecule has 0 N–H and O–H groups in total. The molecule has 2 fully saturated rings. The maximum atomic E-state index is 12.8. The highest BCUT2D eigenvalue weighted by molar-refractivity contribution is 5.98. The average Bonchev–Trinajstić information content (AvgIpc) is 3.08. The molecule has 2 heterocycles. The number of para-hydroxylation sites is 1. The van der Waals surface area contributed by atoms with Crippen molar-refractivity contribution in [3.8, 4) is 0 Å². The lowest BCUT2D eigenvalue weighted by atomic mass is 9.96. The van der Waals surface area contributed by atoms with Gasteiger partial charge in [-0.1, -0.05) is 12.1 Å². The number of benzene rings is 1. The number of nitro benzene ring substituents is 1. The zero-order valence-electron chi connectivity index (χ0n) is 13.1. The number of nitro groups is 1. The lowest BCUT2D eigenvalue weighted by Crippen LogP contribution is -2.44. The van der Waals surface area contributed by atoms with Crippen LogP contribution in [0, 0.1) is 23.0 Å². The molecule has 0 spiro atoms. The normalized spacial score (nSPS) is 22.3. The fourth-order valence-corrected chi connectivity index (χ4v) is 3.31. The zero-order chi connectivity index (χ0) is 16.4. The maximum absolute atomic E-state index is 12.8. The van der Waals surface area contributed by atoms with E-state index in [4.69, 9.17) is 9.47 Å². The van der Waals surface area contributed by atoms with Crippen molar-refractivity contribution in [3.63, 3.8) is 0 Å². The van der Waals surface area contributed by atoms with Crippen LogP contribution >= 0.6 is 0 Å². The summed E-state index contributed by atoms with van der Waals surface area (Å²) in [6.45, 7) is 3.92. The molecule has 0 bridgehead atoms. The second-order valence-corrected chi connectivity index (χ2v) is 5.99. The van der Waals surface area contributed by atoms with Crippen molar-refractivity contribution in [2.45, 2.75) is 26.1 Å². The summed E-state index contributed by atoms with van der Waals surface area (Å²) in [4.78, 5) is 25.3. The van der Waals surface area contributed by atoms with E-state index in [1.165, 1.54) is 6.07 Å². The Kier molecular flexibility index (Phi) is 4.58.